The van der Waals surface area contributed by atoms with Crippen molar-refractivity contribution < 1.29 is 4.79 Å². The second kappa shape index (κ2) is 3.62. The minimum absolute atomic E-state index is 0.523. The monoisotopic (exact) mass is 188 g/mol. The van der Waals surface area contributed by atoms with Crippen LogP contribution < -0.4 is 0 Å². The average Bonchev–Trinajstić information content (AvgIpc) is 2.54. The number of carbonyl (C=O) groups excluding carboxylic acids is 1. The van der Waals surface area contributed by atoms with Gasteiger partial charge in [0.05, 0.1) is 5.52 Å². The van der Waals surface area contributed by atoms with Crippen molar-refractivity contribution in [2.75, 3.05) is 0 Å². The summed E-state index contributed by atoms with van der Waals surface area (Å²) in [6, 6.07) is 8.01. The lowest BCUT2D eigenvalue weighted by atomic mass is 10.2. The number of hydrogen-bond donors (Lipinski definition) is 0. The largest absolute Gasteiger partial charge is 0.303 e. The zero-order chi connectivity index (χ0) is 9.97. The van der Waals surface area contributed by atoms with E-state index in [1.165, 1.54) is 5.39 Å². The van der Waals surface area contributed by atoms with Crippen molar-refractivity contribution in [3.63, 3.8) is 0 Å². The van der Waals surface area contributed by atoms with E-state index < -0.39 is 0 Å². The number of fused-ring (bicyclic) bond motifs is 1. The van der Waals surface area contributed by atoms with Gasteiger partial charge in [-0.15, -0.1) is 0 Å². The maximum atomic E-state index is 10.3. The standard InChI is InChI=1S/C11H12N2O/c1-9-10-5-2-3-6-11(10)12-13(9)7-4-8-14/h2-3,5-6,8H,4,7H2,1H3. The van der Waals surface area contributed by atoms with E-state index in [1.54, 1.807) is 0 Å². The molecular formula is C11H12N2O. The summed E-state index contributed by atoms with van der Waals surface area (Å²) in [6.07, 6.45) is 1.45. The van der Waals surface area contributed by atoms with Gasteiger partial charge in [0.25, 0.3) is 0 Å². The average molecular weight is 188 g/mol. The van der Waals surface area contributed by atoms with Gasteiger partial charge in [-0.2, -0.15) is 5.10 Å². The number of aryl methyl sites for hydroxylation is 2. The van der Waals surface area contributed by atoms with Crippen molar-refractivity contribution in [1.82, 2.24) is 9.78 Å². The van der Waals surface area contributed by atoms with Crippen LogP contribution in [0.3, 0.4) is 0 Å². The van der Waals surface area contributed by atoms with Crippen molar-refractivity contribution in [2.24, 2.45) is 0 Å². The Morgan fingerprint density at radius 1 is 1.43 bits per heavy atom. The Labute approximate surface area is 82.3 Å². The maximum absolute atomic E-state index is 10.3. The van der Waals surface area contributed by atoms with Crippen LogP contribution in [-0.2, 0) is 11.3 Å². The molecule has 0 bridgehead atoms. The molecule has 72 valence electrons. The van der Waals surface area contributed by atoms with Gasteiger partial charge in [-0.05, 0) is 13.0 Å². The molecular weight excluding hydrogens is 176 g/mol. The normalized spacial score (nSPS) is 10.6. The lowest BCUT2D eigenvalue weighted by Crippen LogP contribution is -2.02. The van der Waals surface area contributed by atoms with E-state index in [1.807, 2.05) is 29.8 Å². The number of aromatic nitrogens is 2. The van der Waals surface area contributed by atoms with Gasteiger partial charge in [-0.25, -0.2) is 0 Å². The minimum atomic E-state index is 0.523. The summed E-state index contributed by atoms with van der Waals surface area (Å²) >= 11 is 0. The van der Waals surface area contributed by atoms with E-state index in [0.29, 0.717) is 13.0 Å². The third-order valence-electron chi connectivity index (χ3n) is 2.37. The van der Waals surface area contributed by atoms with Crippen LogP contribution in [0.1, 0.15) is 12.1 Å². The van der Waals surface area contributed by atoms with Crippen molar-refractivity contribution in [2.45, 2.75) is 19.9 Å². The Kier molecular flexibility index (Phi) is 2.31. The molecule has 0 spiro atoms. The number of benzene rings is 1. The fraction of sp³-hybridized carbons (Fsp3) is 0.273. The smallest absolute Gasteiger partial charge is 0.121 e. The van der Waals surface area contributed by atoms with Gasteiger partial charge < -0.3 is 4.79 Å². The summed E-state index contributed by atoms with van der Waals surface area (Å²) in [5.41, 5.74) is 2.12. The highest BCUT2D eigenvalue weighted by molar-refractivity contribution is 5.81. The first-order chi connectivity index (χ1) is 6.83. The molecule has 0 aliphatic rings. The summed E-state index contributed by atoms with van der Waals surface area (Å²) in [6.45, 7) is 2.70. The Balaban J connectivity index is 2.46. The minimum Gasteiger partial charge on any atom is -0.303 e. The van der Waals surface area contributed by atoms with E-state index in [0.717, 1.165) is 17.5 Å². The summed E-state index contributed by atoms with van der Waals surface area (Å²) < 4.78 is 1.89. The SMILES string of the molecule is Cc1c2ccccc2nn1CCC=O. The number of hydrogen-bond acceptors (Lipinski definition) is 2. The van der Waals surface area contributed by atoms with Gasteiger partial charge in [-0.1, -0.05) is 18.2 Å². The lowest BCUT2D eigenvalue weighted by molar-refractivity contribution is -0.108. The Bertz CT molecular complexity index is 459. The van der Waals surface area contributed by atoms with E-state index in [2.05, 4.69) is 11.2 Å². The number of nitrogens with zero attached hydrogens (tertiary/aromatic N) is 2. The van der Waals surface area contributed by atoms with Gasteiger partial charge in [0.1, 0.15) is 6.29 Å². The first-order valence-electron chi connectivity index (χ1n) is 4.68. The predicted octanol–water partition coefficient (Wildman–Crippen LogP) is 1.93. The third-order valence-corrected chi connectivity index (χ3v) is 2.37. The first-order valence-corrected chi connectivity index (χ1v) is 4.68. The molecule has 0 fully saturated rings. The van der Waals surface area contributed by atoms with E-state index in [4.69, 9.17) is 0 Å². The second-order valence-electron chi connectivity index (χ2n) is 3.28. The summed E-state index contributed by atoms with van der Waals surface area (Å²) in [4.78, 5) is 10.3. The van der Waals surface area contributed by atoms with Gasteiger partial charge >= 0.3 is 0 Å². The first kappa shape index (κ1) is 8.94. The van der Waals surface area contributed by atoms with E-state index in [-0.39, 0.29) is 0 Å². The topological polar surface area (TPSA) is 34.9 Å². The zero-order valence-electron chi connectivity index (χ0n) is 8.10. The van der Waals surface area contributed by atoms with Crippen LogP contribution in [0, 0.1) is 6.92 Å². The number of rotatable bonds is 3. The van der Waals surface area contributed by atoms with E-state index >= 15 is 0 Å². The highest BCUT2D eigenvalue weighted by atomic mass is 16.1. The molecule has 2 aromatic rings. The van der Waals surface area contributed by atoms with Crippen LogP contribution in [0.5, 0.6) is 0 Å². The van der Waals surface area contributed by atoms with Gasteiger partial charge in [0.15, 0.2) is 0 Å². The van der Waals surface area contributed by atoms with E-state index in [9.17, 15) is 4.79 Å². The summed E-state index contributed by atoms with van der Waals surface area (Å²) in [5.74, 6) is 0. The predicted molar refractivity (Wildman–Crippen MR) is 55.2 cm³/mol. The van der Waals surface area contributed by atoms with Gasteiger partial charge in [0, 0.05) is 24.0 Å². The molecule has 2 rings (SSSR count). The molecule has 0 amide bonds. The molecule has 0 saturated heterocycles. The molecule has 0 unspecified atom stereocenters. The summed E-state index contributed by atoms with van der Waals surface area (Å²) in [5, 5.41) is 5.57. The number of aldehydes is 1. The Morgan fingerprint density at radius 2 is 2.21 bits per heavy atom. The second-order valence-corrected chi connectivity index (χ2v) is 3.28. The Morgan fingerprint density at radius 3 is 2.93 bits per heavy atom. The molecule has 0 aliphatic carbocycles. The highest BCUT2D eigenvalue weighted by Gasteiger charge is 2.04. The molecule has 0 radical (unpaired) electrons. The van der Waals surface area contributed by atoms with Crippen molar-refractivity contribution >= 4 is 17.2 Å². The summed E-state index contributed by atoms with van der Waals surface area (Å²) in [7, 11) is 0. The molecule has 3 heteroatoms. The fourth-order valence-electron chi connectivity index (χ4n) is 1.60. The van der Waals surface area contributed by atoms with Crippen LogP contribution in [-0.4, -0.2) is 16.1 Å². The molecule has 1 aromatic heterocycles. The Hall–Kier alpha value is -1.64. The van der Waals surface area contributed by atoms with Crippen LogP contribution >= 0.6 is 0 Å². The quantitative estimate of drug-likeness (QED) is 0.690. The van der Waals surface area contributed by atoms with Crippen molar-refractivity contribution in [1.29, 1.82) is 0 Å². The molecule has 0 saturated carbocycles. The molecule has 1 heterocycles. The van der Waals surface area contributed by atoms with Crippen LogP contribution in [0.4, 0.5) is 0 Å². The molecule has 0 N–H and O–H groups in total. The molecule has 0 aliphatic heterocycles. The van der Waals surface area contributed by atoms with Crippen molar-refractivity contribution in [3.8, 4) is 0 Å². The molecule has 1 aromatic carbocycles. The maximum Gasteiger partial charge on any atom is 0.121 e. The van der Waals surface area contributed by atoms with Crippen molar-refractivity contribution in [3.05, 3.63) is 30.0 Å². The van der Waals surface area contributed by atoms with Crippen LogP contribution in [0.25, 0.3) is 10.9 Å². The third kappa shape index (κ3) is 1.41. The molecule has 3 nitrogen and oxygen atoms in total. The number of carbonyl (C=O) groups is 1. The van der Waals surface area contributed by atoms with Gasteiger partial charge in [-0.3, -0.25) is 4.68 Å². The lowest BCUT2D eigenvalue weighted by Gasteiger charge is -1.99. The molecule has 14 heavy (non-hydrogen) atoms. The zero-order valence-corrected chi connectivity index (χ0v) is 8.10. The highest BCUT2D eigenvalue weighted by Crippen LogP contribution is 2.16. The van der Waals surface area contributed by atoms with Crippen LogP contribution in [0.2, 0.25) is 0 Å². The van der Waals surface area contributed by atoms with Gasteiger partial charge in [0.2, 0.25) is 0 Å². The fourth-order valence-corrected chi connectivity index (χ4v) is 1.60. The molecule has 0 atom stereocenters. The van der Waals surface area contributed by atoms with Crippen LogP contribution in [0.15, 0.2) is 24.3 Å².